The number of nitrogens with one attached hydrogen (secondary N) is 1. The molecule has 5 heteroatoms. The maximum Gasteiger partial charge on any atom is 0.303 e. The van der Waals surface area contributed by atoms with Crippen LogP contribution in [0, 0.1) is 0 Å². The summed E-state index contributed by atoms with van der Waals surface area (Å²) < 4.78 is 23.3. The highest BCUT2D eigenvalue weighted by Gasteiger charge is 2.04. The summed E-state index contributed by atoms with van der Waals surface area (Å²) in [5.74, 6) is 0. The summed E-state index contributed by atoms with van der Waals surface area (Å²) in [4.78, 5) is 0. The van der Waals surface area contributed by atoms with Crippen LogP contribution in [0.3, 0.4) is 0 Å². The average Bonchev–Trinajstić information content (AvgIpc) is 2.15. The SMILES string of the molecule is CC(NCc1ccccc1)OS(=O)O. The van der Waals surface area contributed by atoms with E-state index >= 15 is 0 Å². The molecule has 0 bridgehead atoms. The lowest BCUT2D eigenvalue weighted by molar-refractivity contribution is 0.184. The molecule has 0 aliphatic carbocycles. The van der Waals surface area contributed by atoms with E-state index in [4.69, 9.17) is 4.55 Å². The van der Waals surface area contributed by atoms with Crippen molar-refractivity contribution in [2.45, 2.75) is 19.7 Å². The van der Waals surface area contributed by atoms with Gasteiger partial charge in [-0.15, -0.1) is 0 Å². The molecule has 0 aliphatic heterocycles. The number of benzene rings is 1. The lowest BCUT2D eigenvalue weighted by Gasteiger charge is -2.11. The molecule has 0 aliphatic rings. The van der Waals surface area contributed by atoms with E-state index in [-0.39, 0.29) is 0 Å². The smallest absolute Gasteiger partial charge is 0.287 e. The van der Waals surface area contributed by atoms with E-state index in [1.165, 1.54) is 0 Å². The molecule has 0 saturated carbocycles. The van der Waals surface area contributed by atoms with Gasteiger partial charge in [-0.05, 0) is 12.5 Å². The van der Waals surface area contributed by atoms with Crippen molar-refractivity contribution in [3.63, 3.8) is 0 Å². The minimum absolute atomic E-state index is 0.443. The molecule has 0 heterocycles. The van der Waals surface area contributed by atoms with Gasteiger partial charge < -0.3 is 0 Å². The molecule has 2 atom stereocenters. The third-order valence-electron chi connectivity index (χ3n) is 1.66. The fourth-order valence-electron chi connectivity index (χ4n) is 1.01. The van der Waals surface area contributed by atoms with Gasteiger partial charge in [0.2, 0.25) is 0 Å². The van der Waals surface area contributed by atoms with E-state index in [2.05, 4.69) is 9.50 Å². The molecule has 0 aromatic heterocycles. The molecule has 0 fully saturated rings. The number of hydrogen-bond donors (Lipinski definition) is 2. The van der Waals surface area contributed by atoms with Crippen LogP contribution in [0.25, 0.3) is 0 Å². The highest BCUT2D eigenvalue weighted by Crippen LogP contribution is 1.98. The standard InChI is InChI=1S/C9H13NO3S/c1-8(13-14(11)12)10-7-9-5-3-2-4-6-9/h2-6,8,10H,7H2,1H3,(H,11,12). The second-order valence-electron chi connectivity index (χ2n) is 2.82. The van der Waals surface area contributed by atoms with E-state index in [0.29, 0.717) is 6.54 Å². The Morgan fingerprint density at radius 3 is 2.71 bits per heavy atom. The van der Waals surface area contributed by atoms with Gasteiger partial charge in [0.05, 0.1) is 0 Å². The first-order valence-corrected chi connectivity index (χ1v) is 5.27. The Morgan fingerprint density at radius 2 is 2.14 bits per heavy atom. The minimum Gasteiger partial charge on any atom is -0.287 e. The lowest BCUT2D eigenvalue weighted by Crippen LogP contribution is -2.28. The Morgan fingerprint density at radius 1 is 1.50 bits per heavy atom. The van der Waals surface area contributed by atoms with Gasteiger partial charge in [0.25, 0.3) is 0 Å². The van der Waals surface area contributed by atoms with E-state index < -0.39 is 17.6 Å². The zero-order chi connectivity index (χ0) is 10.4. The second-order valence-corrected chi connectivity index (χ2v) is 3.45. The van der Waals surface area contributed by atoms with Gasteiger partial charge in [-0.3, -0.25) is 9.87 Å². The fourth-order valence-corrected chi connectivity index (χ4v) is 1.33. The Kier molecular flexibility index (Phi) is 4.75. The first-order valence-electron chi connectivity index (χ1n) is 4.24. The van der Waals surface area contributed by atoms with Crippen LogP contribution in [0.15, 0.2) is 30.3 Å². The van der Waals surface area contributed by atoms with E-state index in [1.54, 1.807) is 6.92 Å². The van der Waals surface area contributed by atoms with Crippen LogP contribution in [0.5, 0.6) is 0 Å². The maximum absolute atomic E-state index is 10.3. The van der Waals surface area contributed by atoms with Crippen LogP contribution in [0.2, 0.25) is 0 Å². The van der Waals surface area contributed by atoms with Crippen molar-refractivity contribution in [1.29, 1.82) is 0 Å². The van der Waals surface area contributed by atoms with Crippen molar-refractivity contribution in [3.05, 3.63) is 35.9 Å². The number of hydrogen-bond acceptors (Lipinski definition) is 3. The molecule has 0 spiro atoms. The zero-order valence-corrected chi connectivity index (χ0v) is 8.66. The molecule has 0 radical (unpaired) electrons. The summed E-state index contributed by atoms with van der Waals surface area (Å²) in [5, 5.41) is 2.95. The van der Waals surface area contributed by atoms with Crippen LogP contribution >= 0.6 is 0 Å². The predicted octanol–water partition coefficient (Wildman–Crippen LogP) is 1.28. The Bertz CT molecular complexity index is 291. The van der Waals surface area contributed by atoms with Crippen molar-refractivity contribution in [3.8, 4) is 0 Å². The van der Waals surface area contributed by atoms with Gasteiger partial charge in [-0.2, -0.15) is 4.21 Å². The molecule has 0 saturated heterocycles. The Balaban J connectivity index is 2.30. The fraction of sp³-hybridized carbons (Fsp3) is 0.333. The summed E-state index contributed by atoms with van der Waals surface area (Å²) in [5.41, 5.74) is 1.10. The molecule has 4 nitrogen and oxygen atoms in total. The first kappa shape index (κ1) is 11.3. The van der Waals surface area contributed by atoms with Gasteiger partial charge in [0.15, 0.2) is 0 Å². The second kappa shape index (κ2) is 5.87. The van der Waals surface area contributed by atoms with Gasteiger partial charge in [0.1, 0.15) is 6.23 Å². The summed E-state index contributed by atoms with van der Waals surface area (Å²) in [6.07, 6.45) is -0.443. The molecule has 2 N–H and O–H groups in total. The monoisotopic (exact) mass is 215 g/mol. The quantitative estimate of drug-likeness (QED) is 0.573. The molecule has 78 valence electrons. The molecule has 1 aromatic rings. The molecule has 1 rings (SSSR count). The number of rotatable bonds is 5. The minimum atomic E-state index is -2.22. The molecule has 14 heavy (non-hydrogen) atoms. The molecule has 0 amide bonds. The molecular weight excluding hydrogens is 202 g/mol. The zero-order valence-electron chi connectivity index (χ0n) is 7.84. The van der Waals surface area contributed by atoms with Gasteiger partial charge in [-0.25, -0.2) is 4.18 Å². The van der Waals surface area contributed by atoms with Crippen molar-refractivity contribution in [2.75, 3.05) is 0 Å². The predicted molar refractivity (Wildman–Crippen MR) is 54.6 cm³/mol. The summed E-state index contributed by atoms with van der Waals surface area (Å²) in [6.45, 7) is 2.29. The third-order valence-corrected chi connectivity index (χ3v) is 2.12. The van der Waals surface area contributed by atoms with Crippen molar-refractivity contribution >= 4 is 11.4 Å². The summed E-state index contributed by atoms with van der Waals surface area (Å²) in [6, 6.07) is 9.75. The Hall–Kier alpha value is -0.750. The third kappa shape index (κ3) is 4.48. The normalized spacial score (nSPS) is 15.0. The first-order chi connectivity index (χ1) is 6.68. The van der Waals surface area contributed by atoms with Crippen LogP contribution in [0.4, 0.5) is 0 Å². The highest BCUT2D eigenvalue weighted by molar-refractivity contribution is 7.74. The molecular formula is C9H13NO3S. The largest absolute Gasteiger partial charge is 0.303 e. The Labute approximate surface area is 85.8 Å². The van der Waals surface area contributed by atoms with Gasteiger partial charge >= 0.3 is 11.4 Å². The highest BCUT2D eigenvalue weighted by atomic mass is 32.2. The maximum atomic E-state index is 10.3. The van der Waals surface area contributed by atoms with E-state index in [1.807, 2.05) is 30.3 Å². The van der Waals surface area contributed by atoms with Crippen LogP contribution in [-0.2, 0) is 22.1 Å². The average molecular weight is 215 g/mol. The summed E-state index contributed by atoms with van der Waals surface area (Å²) in [7, 11) is 0. The molecule has 1 aromatic carbocycles. The van der Waals surface area contributed by atoms with Gasteiger partial charge in [-0.1, -0.05) is 30.3 Å². The van der Waals surface area contributed by atoms with Gasteiger partial charge in [0, 0.05) is 6.54 Å². The van der Waals surface area contributed by atoms with Crippen molar-refractivity contribution in [1.82, 2.24) is 5.32 Å². The van der Waals surface area contributed by atoms with Crippen LogP contribution in [0.1, 0.15) is 12.5 Å². The summed E-state index contributed by atoms with van der Waals surface area (Å²) >= 11 is -2.22. The van der Waals surface area contributed by atoms with E-state index in [9.17, 15) is 4.21 Å². The van der Waals surface area contributed by atoms with Crippen molar-refractivity contribution < 1.29 is 12.9 Å². The van der Waals surface area contributed by atoms with Crippen LogP contribution < -0.4 is 5.32 Å². The topological polar surface area (TPSA) is 58.6 Å². The van der Waals surface area contributed by atoms with E-state index in [0.717, 1.165) is 5.56 Å². The lowest BCUT2D eigenvalue weighted by atomic mass is 10.2. The van der Waals surface area contributed by atoms with Crippen LogP contribution in [-0.4, -0.2) is 15.0 Å². The molecule has 2 unspecified atom stereocenters. The van der Waals surface area contributed by atoms with Crippen molar-refractivity contribution in [2.24, 2.45) is 0 Å².